The Hall–Kier alpha value is -2.66. The lowest BCUT2D eigenvalue weighted by atomic mass is 9.95. The Morgan fingerprint density at radius 2 is 1.64 bits per heavy atom. The van der Waals surface area contributed by atoms with Crippen molar-refractivity contribution in [2.75, 3.05) is 4.90 Å². The number of rotatable bonds is 2. The standard InChI is InChI=1S/C20H22N4O/c1-13(2)24-20-16-9-5-4-8-15(16)12-23(14(3)25)18-11-7-6-10-17(18)19(20)21-22-24/h4-11,13-14,25H,12H2,1-3H3. The monoisotopic (exact) mass is 334 g/mol. The molecule has 3 aromatic rings. The molecule has 0 spiro atoms. The van der Waals surface area contributed by atoms with Gasteiger partial charge in [0.15, 0.2) is 0 Å². The van der Waals surface area contributed by atoms with Crippen LogP contribution in [-0.2, 0) is 6.54 Å². The first-order valence-corrected chi connectivity index (χ1v) is 8.65. The van der Waals surface area contributed by atoms with E-state index in [0.717, 1.165) is 33.8 Å². The SMILES string of the molecule is CC(O)N1Cc2ccccc2-c2c(nnn2C(C)C)-c2ccccc21. The van der Waals surface area contributed by atoms with Gasteiger partial charge in [0.2, 0.25) is 0 Å². The van der Waals surface area contributed by atoms with E-state index in [2.05, 4.69) is 42.4 Å². The number of aromatic nitrogens is 3. The number of aliphatic hydroxyl groups is 1. The lowest BCUT2D eigenvalue weighted by Crippen LogP contribution is -2.33. The summed E-state index contributed by atoms with van der Waals surface area (Å²) in [5.41, 5.74) is 6.16. The molecular formula is C20H22N4O. The number of anilines is 1. The molecule has 0 saturated carbocycles. The topological polar surface area (TPSA) is 54.2 Å². The van der Waals surface area contributed by atoms with Crippen molar-refractivity contribution >= 4 is 5.69 Å². The zero-order valence-corrected chi connectivity index (χ0v) is 14.7. The van der Waals surface area contributed by atoms with Gasteiger partial charge in [-0.3, -0.25) is 0 Å². The quantitative estimate of drug-likeness (QED) is 0.773. The molecule has 1 unspecified atom stereocenters. The predicted molar refractivity (Wildman–Crippen MR) is 99.1 cm³/mol. The summed E-state index contributed by atoms with van der Waals surface area (Å²) in [5.74, 6) is 0. The van der Waals surface area contributed by atoms with Crippen LogP contribution < -0.4 is 4.90 Å². The van der Waals surface area contributed by atoms with E-state index in [9.17, 15) is 5.11 Å². The van der Waals surface area contributed by atoms with E-state index in [1.54, 1.807) is 6.92 Å². The fraction of sp³-hybridized carbons (Fsp3) is 0.300. The van der Waals surface area contributed by atoms with Crippen molar-refractivity contribution < 1.29 is 5.11 Å². The Morgan fingerprint density at radius 1 is 0.960 bits per heavy atom. The van der Waals surface area contributed by atoms with E-state index in [4.69, 9.17) is 0 Å². The van der Waals surface area contributed by atoms with E-state index in [-0.39, 0.29) is 6.04 Å². The van der Waals surface area contributed by atoms with Crippen LogP contribution in [0.2, 0.25) is 0 Å². The lowest BCUT2D eigenvalue weighted by Gasteiger charge is -2.32. The summed E-state index contributed by atoms with van der Waals surface area (Å²) in [4.78, 5) is 2.01. The first-order chi connectivity index (χ1) is 12.1. The van der Waals surface area contributed by atoms with Crippen molar-refractivity contribution in [1.29, 1.82) is 0 Å². The fourth-order valence-electron chi connectivity index (χ4n) is 3.50. The summed E-state index contributed by atoms with van der Waals surface area (Å²) in [6, 6.07) is 16.6. The number of hydrogen-bond donors (Lipinski definition) is 1. The normalized spacial score (nSPS) is 14.4. The summed E-state index contributed by atoms with van der Waals surface area (Å²) in [6.45, 7) is 6.66. The summed E-state index contributed by atoms with van der Waals surface area (Å²) in [5, 5.41) is 19.3. The van der Waals surface area contributed by atoms with Gasteiger partial charge in [0.25, 0.3) is 0 Å². The highest BCUT2D eigenvalue weighted by atomic mass is 16.3. The van der Waals surface area contributed by atoms with Crippen LogP contribution in [0.25, 0.3) is 22.5 Å². The number of para-hydroxylation sites is 1. The lowest BCUT2D eigenvalue weighted by molar-refractivity contribution is 0.187. The minimum atomic E-state index is -0.601. The van der Waals surface area contributed by atoms with Crippen LogP contribution in [0.3, 0.4) is 0 Å². The number of hydrogen-bond acceptors (Lipinski definition) is 4. The van der Waals surface area contributed by atoms with E-state index in [0.29, 0.717) is 6.54 Å². The Bertz CT molecular complexity index is 914. The van der Waals surface area contributed by atoms with Gasteiger partial charge < -0.3 is 10.0 Å². The number of nitrogens with zero attached hydrogens (tertiary/aromatic N) is 4. The van der Waals surface area contributed by atoms with Crippen LogP contribution in [0.5, 0.6) is 0 Å². The summed E-state index contributed by atoms with van der Waals surface area (Å²) in [7, 11) is 0. The molecule has 0 radical (unpaired) electrons. The van der Waals surface area contributed by atoms with E-state index in [1.807, 2.05) is 39.9 Å². The van der Waals surface area contributed by atoms with Crippen molar-refractivity contribution in [2.45, 2.75) is 39.6 Å². The largest absolute Gasteiger partial charge is 0.374 e. The molecule has 1 atom stereocenters. The molecule has 0 aliphatic carbocycles. The van der Waals surface area contributed by atoms with Crippen LogP contribution in [0, 0.1) is 0 Å². The molecule has 4 rings (SSSR count). The second-order valence-electron chi connectivity index (χ2n) is 6.76. The Labute approximate surface area is 147 Å². The van der Waals surface area contributed by atoms with Gasteiger partial charge in [0, 0.05) is 29.4 Å². The average Bonchev–Trinajstić information content (AvgIpc) is 3.03. The van der Waals surface area contributed by atoms with Gasteiger partial charge in [0.05, 0.1) is 5.69 Å². The van der Waals surface area contributed by atoms with Crippen molar-refractivity contribution in [3.8, 4) is 22.5 Å². The van der Waals surface area contributed by atoms with Crippen LogP contribution in [0.4, 0.5) is 5.69 Å². The van der Waals surface area contributed by atoms with Crippen molar-refractivity contribution in [1.82, 2.24) is 15.0 Å². The third-order valence-corrected chi connectivity index (χ3v) is 4.72. The van der Waals surface area contributed by atoms with E-state index in [1.165, 1.54) is 0 Å². The van der Waals surface area contributed by atoms with E-state index >= 15 is 0 Å². The van der Waals surface area contributed by atoms with Crippen LogP contribution in [-0.4, -0.2) is 26.3 Å². The maximum absolute atomic E-state index is 10.4. The fourth-order valence-corrected chi connectivity index (χ4v) is 3.50. The Kier molecular flexibility index (Phi) is 3.81. The van der Waals surface area contributed by atoms with Gasteiger partial charge in [-0.2, -0.15) is 0 Å². The number of benzene rings is 2. The highest BCUT2D eigenvalue weighted by Gasteiger charge is 2.28. The summed E-state index contributed by atoms with van der Waals surface area (Å²) >= 11 is 0. The number of fused-ring (bicyclic) bond motifs is 5. The maximum atomic E-state index is 10.4. The first-order valence-electron chi connectivity index (χ1n) is 8.65. The summed E-state index contributed by atoms with van der Waals surface area (Å²) < 4.78 is 1.99. The Morgan fingerprint density at radius 3 is 2.36 bits per heavy atom. The molecule has 1 aliphatic rings. The molecule has 5 heteroatoms. The summed E-state index contributed by atoms with van der Waals surface area (Å²) in [6.07, 6.45) is -0.601. The molecule has 5 nitrogen and oxygen atoms in total. The average molecular weight is 334 g/mol. The van der Waals surface area contributed by atoms with Gasteiger partial charge >= 0.3 is 0 Å². The number of aliphatic hydroxyl groups excluding tert-OH is 1. The molecule has 2 aromatic carbocycles. The first kappa shape index (κ1) is 15.8. The highest BCUT2D eigenvalue weighted by Crippen LogP contribution is 2.41. The third-order valence-electron chi connectivity index (χ3n) is 4.72. The molecule has 0 bridgehead atoms. The van der Waals surface area contributed by atoms with Crippen LogP contribution >= 0.6 is 0 Å². The maximum Gasteiger partial charge on any atom is 0.124 e. The molecule has 128 valence electrons. The smallest absolute Gasteiger partial charge is 0.124 e. The minimum Gasteiger partial charge on any atom is -0.374 e. The molecule has 2 heterocycles. The molecular weight excluding hydrogens is 312 g/mol. The molecule has 1 aromatic heterocycles. The second-order valence-corrected chi connectivity index (χ2v) is 6.76. The molecule has 0 fully saturated rings. The molecule has 25 heavy (non-hydrogen) atoms. The van der Waals surface area contributed by atoms with Crippen LogP contribution in [0.1, 0.15) is 32.4 Å². The predicted octanol–water partition coefficient (Wildman–Crippen LogP) is 3.85. The Balaban J connectivity index is 2.08. The van der Waals surface area contributed by atoms with Gasteiger partial charge in [-0.1, -0.05) is 47.7 Å². The highest BCUT2D eigenvalue weighted by molar-refractivity contribution is 5.88. The van der Waals surface area contributed by atoms with Crippen LogP contribution in [0.15, 0.2) is 48.5 Å². The zero-order chi connectivity index (χ0) is 17.6. The van der Waals surface area contributed by atoms with Gasteiger partial charge in [-0.15, -0.1) is 5.10 Å². The van der Waals surface area contributed by atoms with Crippen molar-refractivity contribution in [2.24, 2.45) is 0 Å². The van der Waals surface area contributed by atoms with Crippen molar-refractivity contribution in [3.05, 3.63) is 54.1 Å². The molecule has 1 aliphatic heterocycles. The minimum absolute atomic E-state index is 0.212. The molecule has 0 saturated heterocycles. The van der Waals surface area contributed by atoms with Gasteiger partial charge in [-0.05, 0) is 32.4 Å². The van der Waals surface area contributed by atoms with E-state index < -0.39 is 6.23 Å². The third kappa shape index (κ3) is 2.51. The second kappa shape index (κ2) is 6.01. The zero-order valence-electron chi connectivity index (χ0n) is 14.7. The van der Waals surface area contributed by atoms with Gasteiger partial charge in [-0.25, -0.2) is 4.68 Å². The van der Waals surface area contributed by atoms with Crippen molar-refractivity contribution in [3.63, 3.8) is 0 Å². The van der Waals surface area contributed by atoms with Gasteiger partial charge in [0.1, 0.15) is 11.9 Å². The molecule has 1 N–H and O–H groups in total. The molecule has 0 amide bonds.